The molecule has 0 bridgehead atoms. The van der Waals surface area contributed by atoms with E-state index in [0.717, 1.165) is 22.2 Å². The van der Waals surface area contributed by atoms with E-state index in [4.69, 9.17) is 9.94 Å². The topological polar surface area (TPSA) is 102 Å². The first-order valence-electron chi connectivity index (χ1n) is 11.0. The van der Waals surface area contributed by atoms with Gasteiger partial charge in [-0.05, 0) is 54.3 Å². The smallest absolute Gasteiger partial charge is 0.272 e. The second kappa shape index (κ2) is 10.2. The molecule has 32 heavy (non-hydrogen) atoms. The number of hydroxylamine groups is 1. The maximum atomic E-state index is 13.3. The molecule has 1 saturated heterocycles. The number of piperazine rings is 1. The summed E-state index contributed by atoms with van der Waals surface area (Å²) in [5, 5.41) is 21.5. The predicted octanol–water partition coefficient (Wildman–Crippen LogP) is 2.41. The van der Waals surface area contributed by atoms with Crippen molar-refractivity contribution in [3.05, 3.63) is 36.4 Å². The molecule has 0 radical (unpaired) electrons. The molecule has 3 atom stereocenters. The van der Waals surface area contributed by atoms with Crippen molar-refractivity contribution in [3.63, 3.8) is 0 Å². The molecule has 3 rings (SSSR count). The molecule has 2 aromatic carbocycles. The fourth-order valence-corrected chi connectivity index (χ4v) is 4.39. The van der Waals surface area contributed by atoms with Crippen LogP contribution >= 0.6 is 0 Å². The van der Waals surface area contributed by atoms with Gasteiger partial charge in [0, 0.05) is 31.4 Å². The van der Waals surface area contributed by atoms with Crippen LogP contribution in [0.25, 0.3) is 10.8 Å². The first-order valence-corrected chi connectivity index (χ1v) is 11.0. The number of rotatable bonds is 7. The van der Waals surface area contributed by atoms with Gasteiger partial charge in [-0.25, -0.2) is 5.48 Å². The number of amides is 2. The first-order chi connectivity index (χ1) is 15.2. The van der Waals surface area contributed by atoms with Gasteiger partial charge < -0.3 is 19.6 Å². The summed E-state index contributed by atoms with van der Waals surface area (Å²) < 4.78 is 5.29. The third-order valence-corrected chi connectivity index (χ3v) is 6.11. The van der Waals surface area contributed by atoms with Crippen LogP contribution in [0.3, 0.4) is 0 Å². The Morgan fingerprint density at radius 2 is 1.84 bits per heavy atom. The number of ether oxygens (including phenoxy) is 1. The van der Waals surface area contributed by atoms with Crippen molar-refractivity contribution < 1.29 is 24.6 Å². The molecule has 0 aliphatic carbocycles. The number of fused-ring (bicyclic) bond motifs is 1. The van der Waals surface area contributed by atoms with Gasteiger partial charge in [0.25, 0.3) is 5.91 Å². The molecule has 174 valence electrons. The van der Waals surface area contributed by atoms with Crippen molar-refractivity contribution in [2.45, 2.75) is 39.3 Å². The number of nitrogens with one attached hydrogen (secondary N) is 1. The molecule has 3 N–H and O–H groups in total. The molecule has 1 aliphatic heterocycles. The van der Waals surface area contributed by atoms with Crippen LogP contribution in [0.4, 0.5) is 5.69 Å². The lowest BCUT2D eigenvalue weighted by atomic mass is 9.89. The number of carbonyl (C=O) groups is 2. The standard InChI is InChI=1S/C24H33N3O5/c1-15(2)11-21(22(28)23(29)25-31)24(30)27-10-9-26(14-16(27)3)19-7-5-18-13-20(32-4)8-6-17(18)12-19/h5-8,12-13,15-16,21-22,28,31H,9-11,14H2,1-4H3,(H,25,29)/t16?,21-,22-/m0/s1. The van der Waals surface area contributed by atoms with Crippen molar-refractivity contribution in [1.82, 2.24) is 10.4 Å². The van der Waals surface area contributed by atoms with E-state index in [9.17, 15) is 14.7 Å². The minimum atomic E-state index is -1.59. The molecule has 2 amide bonds. The third-order valence-electron chi connectivity index (χ3n) is 6.11. The summed E-state index contributed by atoms with van der Waals surface area (Å²) in [6.45, 7) is 7.61. The zero-order chi connectivity index (χ0) is 23.4. The number of hydrogen-bond donors (Lipinski definition) is 3. The zero-order valence-corrected chi connectivity index (χ0v) is 19.1. The van der Waals surface area contributed by atoms with Crippen LogP contribution in [-0.4, -0.2) is 65.9 Å². The van der Waals surface area contributed by atoms with E-state index >= 15 is 0 Å². The fraction of sp³-hybridized carbons (Fsp3) is 0.500. The van der Waals surface area contributed by atoms with Crippen LogP contribution in [0.15, 0.2) is 36.4 Å². The SMILES string of the molecule is COc1ccc2cc(N3CCN(C(=O)[C@@H](CC(C)C)[C@H](O)C(=O)NO)C(C)C3)ccc2c1. The molecule has 0 aromatic heterocycles. The van der Waals surface area contributed by atoms with Crippen molar-refractivity contribution >= 4 is 28.3 Å². The number of benzene rings is 2. The van der Waals surface area contributed by atoms with Crippen LogP contribution in [0.2, 0.25) is 0 Å². The number of aliphatic hydroxyl groups is 1. The van der Waals surface area contributed by atoms with Crippen LogP contribution in [0.5, 0.6) is 5.75 Å². The van der Waals surface area contributed by atoms with Crippen LogP contribution in [0.1, 0.15) is 27.2 Å². The minimum absolute atomic E-state index is 0.0955. The second-order valence-corrected chi connectivity index (χ2v) is 8.88. The zero-order valence-electron chi connectivity index (χ0n) is 19.1. The largest absolute Gasteiger partial charge is 0.497 e. The number of anilines is 1. The Morgan fingerprint density at radius 1 is 1.16 bits per heavy atom. The van der Waals surface area contributed by atoms with Gasteiger partial charge in [-0.1, -0.05) is 26.0 Å². The number of methoxy groups -OCH3 is 1. The normalized spacial score (nSPS) is 18.5. The Balaban J connectivity index is 1.74. The average molecular weight is 444 g/mol. The maximum Gasteiger partial charge on any atom is 0.272 e. The monoisotopic (exact) mass is 443 g/mol. The molecule has 0 spiro atoms. The number of carbonyl (C=O) groups excluding carboxylic acids is 2. The van der Waals surface area contributed by atoms with Crippen LogP contribution < -0.4 is 15.1 Å². The van der Waals surface area contributed by atoms with E-state index < -0.39 is 17.9 Å². The van der Waals surface area contributed by atoms with E-state index in [2.05, 4.69) is 23.1 Å². The van der Waals surface area contributed by atoms with Gasteiger partial charge in [-0.3, -0.25) is 14.8 Å². The first kappa shape index (κ1) is 23.8. The summed E-state index contributed by atoms with van der Waals surface area (Å²) >= 11 is 0. The summed E-state index contributed by atoms with van der Waals surface area (Å²) in [6, 6.07) is 12.2. The maximum absolute atomic E-state index is 13.3. The Labute approximate surface area is 188 Å². The lowest BCUT2D eigenvalue weighted by molar-refractivity contribution is -0.152. The van der Waals surface area contributed by atoms with E-state index in [0.29, 0.717) is 26.1 Å². The van der Waals surface area contributed by atoms with Crippen molar-refractivity contribution in [3.8, 4) is 5.75 Å². The van der Waals surface area contributed by atoms with Crippen molar-refractivity contribution in [2.24, 2.45) is 11.8 Å². The third kappa shape index (κ3) is 5.14. The van der Waals surface area contributed by atoms with Crippen molar-refractivity contribution in [1.29, 1.82) is 0 Å². The minimum Gasteiger partial charge on any atom is -0.497 e. The average Bonchev–Trinajstić information content (AvgIpc) is 2.80. The summed E-state index contributed by atoms with van der Waals surface area (Å²) in [7, 11) is 1.65. The van der Waals surface area contributed by atoms with Gasteiger partial charge in [0.15, 0.2) is 0 Å². The van der Waals surface area contributed by atoms with Gasteiger partial charge in [0.1, 0.15) is 11.9 Å². The number of nitrogens with zero attached hydrogens (tertiary/aromatic N) is 2. The highest BCUT2D eigenvalue weighted by Gasteiger charge is 2.38. The Bertz CT molecular complexity index is 964. The molecular formula is C24H33N3O5. The molecule has 1 aliphatic rings. The summed E-state index contributed by atoms with van der Waals surface area (Å²) in [6.07, 6.45) is -1.23. The van der Waals surface area contributed by atoms with Gasteiger partial charge in [0.05, 0.1) is 13.0 Å². The number of hydrogen-bond acceptors (Lipinski definition) is 6. The van der Waals surface area contributed by atoms with Crippen LogP contribution in [0, 0.1) is 11.8 Å². The molecular weight excluding hydrogens is 410 g/mol. The Hall–Kier alpha value is -2.84. The summed E-state index contributed by atoms with van der Waals surface area (Å²) in [5.74, 6) is -1.18. The quantitative estimate of drug-likeness (QED) is 0.449. The Morgan fingerprint density at radius 3 is 2.47 bits per heavy atom. The van der Waals surface area contributed by atoms with Crippen LogP contribution in [-0.2, 0) is 9.59 Å². The van der Waals surface area contributed by atoms with Crippen molar-refractivity contribution in [2.75, 3.05) is 31.6 Å². The molecule has 1 unspecified atom stereocenters. The highest BCUT2D eigenvalue weighted by molar-refractivity contribution is 5.89. The van der Waals surface area contributed by atoms with E-state index in [1.54, 1.807) is 12.0 Å². The van der Waals surface area contributed by atoms with Gasteiger partial charge in [-0.15, -0.1) is 0 Å². The van der Waals surface area contributed by atoms with E-state index in [1.807, 2.05) is 39.0 Å². The van der Waals surface area contributed by atoms with E-state index in [-0.39, 0.29) is 17.9 Å². The molecule has 8 nitrogen and oxygen atoms in total. The molecule has 1 heterocycles. The van der Waals surface area contributed by atoms with E-state index in [1.165, 1.54) is 5.48 Å². The lowest BCUT2D eigenvalue weighted by Crippen LogP contribution is -2.57. The predicted molar refractivity (Wildman–Crippen MR) is 123 cm³/mol. The summed E-state index contributed by atoms with van der Waals surface area (Å²) in [5.41, 5.74) is 2.55. The highest BCUT2D eigenvalue weighted by atomic mass is 16.5. The van der Waals surface area contributed by atoms with Gasteiger partial charge >= 0.3 is 0 Å². The van der Waals surface area contributed by atoms with Gasteiger partial charge in [-0.2, -0.15) is 0 Å². The molecule has 1 fully saturated rings. The fourth-order valence-electron chi connectivity index (χ4n) is 4.39. The summed E-state index contributed by atoms with van der Waals surface area (Å²) in [4.78, 5) is 29.0. The number of aliphatic hydroxyl groups excluding tert-OH is 1. The molecule has 8 heteroatoms. The van der Waals surface area contributed by atoms with Gasteiger partial charge in [0.2, 0.25) is 5.91 Å². The molecule has 2 aromatic rings. The lowest BCUT2D eigenvalue weighted by Gasteiger charge is -2.43. The second-order valence-electron chi connectivity index (χ2n) is 8.88. The highest BCUT2D eigenvalue weighted by Crippen LogP contribution is 2.28. The Kier molecular flexibility index (Phi) is 7.58. The molecule has 0 saturated carbocycles.